The molecule has 0 saturated heterocycles. The van der Waals surface area contributed by atoms with Gasteiger partial charge in [0.05, 0.1) is 0 Å². The van der Waals surface area contributed by atoms with Crippen LogP contribution in [0.3, 0.4) is 0 Å². The first-order valence-electron chi connectivity index (χ1n) is 13.5. The summed E-state index contributed by atoms with van der Waals surface area (Å²) in [6.07, 6.45) is 3.63. The lowest BCUT2D eigenvalue weighted by Gasteiger charge is -2.10. The van der Waals surface area contributed by atoms with Gasteiger partial charge in [-0.2, -0.15) is 0 Å². The minimum absolute atomic E-state index is 0.634. The van der Waals surface area contributed by atoms with E-state index in [9.17, 15) is 0 Å². The van der Waals surface area contributed by atoms with Crippen molar-refractivity contribution in [1.82, 2.24) is 19.9 Å². The highest BCUT2D eigenvalue weighted by Crippen LogP contribution is 2.39. The highest BCUT2D eigenvalue weighted by Gasteiger charge is 2.15. The molecular weight excluding hydrogens is 504 g/mol. The number of pyridine rings is 1. The van der Waals surface area contributed by atoms with Gasteiger partial charge in [0.15, 0.2) is 17.5 Å². The van der Waals surface area contributed by atoms with Crippen LogP contribution in [0.2, 0.25) is 0 Å². The smallest absolute Gasteiger partial charge is 0.164 e. The lowest BCUT2D eigenvalue weighted by atomic mass is 9.96. The number of fused-ring (bicyclic) bond motifs is 5. The van der Waals surface area contributed by atoms with Crippen molar-refractivity contribution in [3.63, 3.8) is 0 Å². The van der Waals surface area contributed by atoms with Crippen LogP contribution >= 0.6 is 0 Å². The Morgan fingerprint density at radius 3 is 1.73 bits per heavy atom. The van der Waals surface area contributed by atoms with Gasteiger partial charge >= 0.3 is 0 Å². The van der Waals surface area contributed by atoms with Gasteiger partial charge in [-0.1, -0.05) is 109 Å². The number of hydrogen-bond donors (Lipinski definition) is 0. The van der Waals surface area contributed by atoms with Gasteiger partial charge in [-0.25, -0.2) is 15.0 Å². The Kier molecular flexibility index (Phi) is 5.38. The molecule has 5 nitrogen and oxygen atoms in total. The quantitative estimate of drug-likeness (QED) is 0.229. The van der Waals surface area contributed by atoms with Crippen LogP contribution in [-0.4, -0.2) is 19.9 Å². The molecule has 0 fully saturated rings. The Balaban J connectivity index is 1.26. The van der Waals surface area contributed by atoms with Gasteiger partial charge in [0.2, 0.25) is 0 Å². The van der Waals surface area contributed by atoms with Crippen LogP contribution in [0.1, 0.15) is 0 Å². The number of benzene rings is 5. The summed E-state index contributed by atoms with van der Waals surface area (Å²) in [5.41, 5.74) is 6.74. The second-order valence-electron chi connectivity index (χ2n) is 9.94. The third kappa shape index (κ3) is 4.03. The van der Waals surface area contributed by atoms with E-state index in [1.54, 1.807) is 6.20 Å². The van der Waals surface area contributed by atoms with E-state index in [-0.39, 0.29) is 0 Å². The molecule has 0 bridgehead atoms. The second kappa shape index (κ2) is 9.50. The standard InChI is InChI=1S/C36H22N4O/c1-3-8-25(9-4-1)34-38-35(26-10-5-2-6-11-26)40-36(39-34)27-16-14-23(15-17-27)28-13-7-12-24-18-19-29-30-22-37-21-20-31(30)41-33(29)32(24)28/h1-22H. The van der Waals surface area contributed by atoms with Crippen LogP contribution in [-0.2, 0) is 0 Å². The molecule has 0 aliphatic heterocycles. The van der Waals surface area contributed by atoms with Crippen molar-refractivity contribution in [2.75, 3.05) is 0 Å². The maximum Gasteiger partial charge on any atom is 0.164 e. The largest absolute Gasteiger partial charge is 0.455 e. The topological polar surface area (TPSA) is 64.7 Å². The third-order valence-electron chi connectivity index (χ3n) is 7.43. The average Bonchev–Trinajstić information content (AvgIpc) is 3.44. The fourth-order valence-electron chi connectivity index (χ4n) is 5.42. The van der Waals surface area contributed by atoms with Crippen molar-refractivity contribution in [2.24, 2.45) is 0 Å². The van der Waals surface area contributed by atoms with E-state index in [4.69, 9.17) is 19.4 Å². The molecule has 0 amide bonds. The van der Waals surface area contributed by atoms with Gasteiger partial charge in [0.1, 0.15) is 11.2 Å². The third-order valence-corrected chi connectivity index (χ3v) is 7.43. The summed E-state index contributed by atoms with van der Waals surface area (Å²) in [5, 5.41) is 4.31. The molecule has 0 aliphatic rings. The Morgan fingerprint density at radius 1 is 0.463 bits per heavy atom. The molecule has 8 rings (SSSR count). The number of aromatic nitrogens is 4. The van der Waals surface area contributed by atoms with Crippen LogP contribution in [0.5, 0.6) is 0 Å². The molecule has 3 aromatic heterocycles. The van der Waals surface area contributed by atoms with Gasteiger partial charge in [-0.3, -0.25) is 4.98 Å². The zero-order valence-electron chi connectivity index (χ0n) is 21.9. The van der Waals surface area contributed by atoms with E-state index in [1.807, 2.05) is 72.9 Å². The van der Waals surface area contributed by atoms with E-state index < -0.39 is 0 Å². The Morgan fingerprint density at radius 2 is 1.07 bits per heavy atom. The summed E-state index contributed by atoms with van der Waals surface area (Å²) < 4.78 is 6.36. The van der Waals surface area contributed by atoms with E-state index >= 15 is 0 Å². The Hall–Kier alpha value is -5.68. The first kappa shape index (κ1) is 23.2. The van der Waals surface area contributed by atoms with Crippen LogP contribution in [0.15, 0.2) is 138 Å². The van der Waals surface area contributed by atoms with Crippen LogP contribution in [0.4, 0.5) is 0 Å². The SMILES string of the molecule is c1ccc(-c2nc(-c3ccccc3)nc(-c3ccc(-c4cccc5ccc6c7cnccc7oc6c45)cc3)n2)cc1. The second-order valence-corrected chi connectivity index (χ2v) is 9.94. The summed E-state index contributed by atoms with van der Waals surface area (Å²) >= 11 is 0. The van der Waals surface area contributed by atoms with E-state index in [0.717, 1.165) is 60.5 Å². The summed E-state index contributed by atoms with van der Waals surface area (Å²) in [7, 11) is 0. The molecule has 0 saturated carbocycles. The fraction of sp³-hybridized carbons (Fsp3) is 0. The van der Waals surface area contributed by atoms with Crippen molar-refractivity contribution in [3.8, 4) is 45.3 Å². The Labute approximate surface area is 235 Å². The van der Waals surface area contributed by atoms with Crippen molar-refractivity contribution in [2.45, 2.75) is 0 Å². The summed E-state index contributed by atoms with van der Waals surface area (Å²) in [4.78, 5) is 18.9. The van der Waals surface area contributed by atoms with E-state index in [1.165, 1.54) is 0 Å². The predicted molar refractivity (Wildman–Crippen MR) is 164 cm³/mol. The maximum atomic E-state index is 6.36. The molecule has 0 aliphatic carbocycles. The number of hydrogen-bond acceptors (Lipinski definition) is 5. The predicted octanol–water partition coefficient (Wildman–Crippen LogP) is 8.99. The molecule has 0 radical (unpaired) electrons. The minimum atomic E-state index is 0.634. The maximum absolute atomic E-state index is 6.36. The molecule has 0 spiro atoms. The molecule has 0 unspecified atom stereocenters. The molecule has 41 heavy (non-hydrogen) atoms. The van der Waals surface area contributed by atoms with Gasteiger partial charge < -0.3 is 4.42 Å². The highest BCUT2D eigenvalue weighted by atomic mass is 16.3. The average molecular weight is 527 g/mol. The molecular formula is C36H22N4O. The number of rotatable bonds is 4. The molecule has 0 atom stereocenters. The van der Waals surface area contributed by atoms with Gasteiger partial charge in [0, 0.05) is 45.2 Å². The van der Waals surface area contributed by atoms with Crippen LogP contribution < -0.4 is 0 Å². The lowest BCUT2D eigenvalue weighted by Crippen LogP contribution is -2.00. The zero-order chi connectivity index (χ0) is 27.2. The first-order valence-corrected chi connectivity index (χ1v) is 13.5. The number of furan rings is 1. The molecule has 3 heterocycles. The normalized spacial score (nSPS) is 11.4. The van der Waals surface area contributed by atoms with Crippen molar-refractivity contribution in [1.29, 1.82) is 0 Å². The highest BCUT2D eigenvalue weighted by molar-refractivity contribution is 6.18. The molecule has 5 aromatic carbocycles. The van der Waals surface area contributed by atoms with Crippen LogP contribution in [0, 0.1) is 0 Å². The van der Waals surface area contributed by atoms with Crippen molar-refractivity contribution >= 4 is 32.7 Å². The van der Waals surface area contributed by atoms with Gasteiger partial charge in [-0.15, -0.1) is 0 Å². The first-order chi connectivity index (χ1) is 20.3. The summed E-state index contributed by atoms with van der Waals surface area (Å²) in [6.45, 7) is 0. The van der Waals surface area contributed by atoms with Gasteiger partial charge in [0.25, 0.3) is 0 Å². The fourth-order valence-corrected chi connectivity index (χ4v) is 5.42. The van der Waals surface area contributed by atoms with Crippen molar-refractivity contribution in [3.05, 3.63) is 134 Å². The summed E-state index contributed by atoms with van der Waals surface area (Å²) in [6, 6.07) is 41.0. The van der Waals surface area contributed by atoms with E-state index in [0.29, 0.717) is 17.5 Å². The molecule has 8 aromatic rings. The summed E-state index contributed by atoms with van der Waals surface area (Å²) in [5.74, 6) is 1.93. The van der Waals surface area contributed by atoms with E-state index in [2.05, 4.69) is 59.6 Å². The molecule has 5 heteroatoms. The Bertz CT molecular complexity index is 2130. The lowest BCUT2D eigenvalue weighted by molar-refractivity contribution is 0.672. The minimum Gasteiger partial charge on any atom is -0.455 e. The number of nitrogens with zero attached hydrogens (tertiary/aromatic N) is 4. The van der Waals surface area contributed by atoms with Crippen LogP contribution in [0.25, 0.3) is 78.0 Å². The van der Waals surface area contributed by atoms with Gasteiger partial charge in [-0.05, 0) is 28.6 Å². The monoisotopic (exact) mass is 526 g/mol. The zero-order valence-corrected chi connectivity index (χ0v) is 21.9. The molecule has 192 valence electrons. The molecule has 0 N–H and O–H groups in total. The van der Waals surface area contributed by atoms with Crippen molar-refractivity contribution < 1.29 is 4.42 Å².